The van der Waals surface area contributed by atoms with Gasteiger partial charge in [0.2, 0.25) is 5.95 Å². The second-order valence-corrected chi connectivity index (χ2v) is 6.07. The molecule has 6 nitrogen and oxygen atoms in total. The lowest BCUT2D eigenvalue weighted by Crippen LogP contribution is -2.27. The molecule has 6 heteroatoms. The predicted octanol–water partition coefficient (Wildman–Crippen LogP) is 4.33. The Labute approximate surface area is 155 Å². The maximum Gasteiger partial charge on any atom is 0.340 e. The van der Waals surface area contributed by atoms with Gasteiger partial charge in [-0.25, -0.2) is 9.78 Å². The van der Waals surface area contributed by atoms with Gasteiger partial charge in [0.25, 0.3) is 0 Å². The third kappa shape index (κ3) is 5.18. The summed E-state index contributed by atoms with van der Waals surface area (Å²) in [7, 11) is 0. The van der Waals surface area contributed by atoms with Crippen molar-refractivity contribution in [3.63, 3.8) is 0 Å². The number of ether oxygens (including phenoxy) is 1. The third-order valence-corrected chi connectivity index (χ3v) is 3.80. The van der Waals surface area contributed by atoms with Crippen LogP contribution in [0.3, 0.4) is 0 Å². The van der Waals surface area contributed by atoms with Crippen LogP contribution >= 0.6 is 0 Å². The van der Waals surface area contributed by atoms with Gasteiger partial charge in [0.1, 0.15) is 5.82 Å². The fourth-order valence-corrected chi connectivity index (χ4v) is 2.73. The highest BCUT2D eigenvalue weighted by molar-refractivity contribution is 5.96. The van der Waals surface area contributed by atoms with Crippen LogP contribution in [0, 0.1) is 6.92 Å². The van der Waals surface area contributed by atoms with E-state index in [0.29, 0.717) is 29.6 Å². The molecule has 140 valence electrons. The Kier molecular flexibility index (Phi) is 7.38. The summed E-state index contributed by atoms with van der Waals surface area (Å²) >= 11 is 0. The van der Waals surface area contributed by atoms with Crippen LogP contribution in [-0.4, -0.2) is 35.6 Å². The zero-order valence-corrected chi connectivity index (χ0v) is 16.1. The number of esters is 1. The Hall–Kier alpha value is -2.63. The van der Waals surface area contributed by atoms with Gasteiger partial charge in [-0.05, 0) is 38.8 Å². The van der Waals surface area contributed by atoms with Gasteiger partial charge >= 0.3 is 5.97 Å². The van der Waals surface area contributed by atoms with Crippen LogP contribution < -0.4 is 10.2 Å². The predicted molar refractivity (Wildman–Crippen MR) is 105 cm³/mol. The molecular weight excluding hydrogens is 328 g/mol. The second kappa shape index (κ2) is 9.75. The first-order valence-electron chi connectivity index (χ1n) is 9.22. The fourth-order valence-electron chi connectivity index (χ4n) is 2.73. The molecule has 0 unspecified atom stereocenters. The van der Waals surface area contributed by atoms with Gasteiger partial charge in [-0.15, -0.1) is 0 Å². The van der Waals surface area contributed by atoms with Crippen LogP contribution in [0.4, 0.5) is 17.5 Å². The number of hydrogen-bond acceptors (Lipinski definition) is 6. The van der Waals surface area contributed by atoms with E-state index in [1.54, 1.807) is 13.0 Å². The van der Waals surface area contributed by atoms with Crippen molar-refractivity contribution < 1.29 is 9.53 Å². The lowest BCUT2D eigenvalue weighted by atomic mass is 10.2. The normalized spacial score (nSPS) is 10.5. The second-order valence-electron chi connectivity index (χ2n) is 6.07. The minimum Gasteiger partial charge on any atom is -0.462 e. The van der Waals surface area contributed by atoms with Crippen molar-refractivity contribution in [2.24, 2.45) is 0 Å². The number of nitrogens with zero attached hydrogens (tertiary/aromatic N) is 3. The summed E-state index contributed by atoms with van der Waals surface area (Å²) in [6.07, 6.45) is 2.07. The van der Waals surface area contributed by atoms with Crippen molar-refractivity contribution in [1.29, 1.82) is 0 Å². The topological polar surface area (TPSA) is 67.4 Å². The van der Waals surface area contributed by atoms with E-state index in [1.165, 1.54) is 0 Å². The maximum atomic E-state index is 12.2. The first kappa shape index (κ1) is 19.7. The number of rotatable bonds is 9. The molecule has 0 radical (unpaired) electrons. The molecule has 0 saturated carbocycles. The molecule has 0 fully saturated rings. The molecule has 2 aromatic rings. The molecule has 1 heterocycles. The van der Waals surface area contributed by atoms with Crippen LogP contribution in [-0.2, 0) is 4.74 Å². The van der Waals surface area contributed by atoms with E-state index in [1.807, 2.05) is 31.2 Å². The van der Waals surface area contributed by atoms with Crippen molar-refractivity contribution in [2.45, 2.75) is 40.5 Å². The van der Waals surface area contributed by atoms with Crippen molar-refractivity contribution in [2.75, 3.05) is 29.9 Å². The Balaban J connectivity index is 2.32. The standard InChI is InChI=1S/C20H28N4O2/c1-5-12-24(13-6-2)20-21-15(4)14-18(23-20)22-17-11-9-8-10-16(17)19(25)26-7-3/h8-11,14H,5-7,12-13H2,1-4H3,(H,21,22,23). The van der Waals surface area contributed by atoms with E-state index >= 15 is 0 Å². The summed E-state index contributed by atoms with van der Waals surface area (Å²) in [4.78, 5) is 23.6. The first-order valence-corrected chi connectivity index (χ1v) is 9.22. The zero-order valence-electron chi connectivity index (χ0n) is 16.1. The van der Waals surface area contributed by atoms with E-state index in [4.69, 9.17) is 4.74 Å². The van der Waals surface area contributed by atoms with E-state index in [-0.39, 0.29) is 5.97 Å². The van der Waals surface area contributed by atoms with Crippen molar-refractivity contribution >= 4 is 23.4 Å². The van der Waals surface area contributed by atoms with E-state index < -0.39 is 0 Å². The monoisotopic (exact) mass is 356 g/mol. The molecule has 0 amide bonds. The number of carbonyl (C=O) groups excluding carboxylic acids is 1. The highest BCUT2D eigenvalue weighted by atomic mass is 16.5. The molecule has 0 saturated heterocycles. The molecule has 1 aromatic carbocycles. The third-order valence-electron chi connectivity index (χ3n) is 3.80. The van der Waals surface area contributed by atoms with Crippen molar-refractivity contribution in [3.05, 3.63) is 41.6 Å². The smallest absolute Gasteiger partial charge is 0.340 e. The molecule has 1 N–H and O–H groups in total. The van der Waals surface area contributed by atoms with Crippen LogP contribution in [0.5, 0.6) is 0 Å². The van der Waals surface area contributed by atoms with Gasteiger partial charge in [0.15, 0.2) is 0 Å². The summed E-state index contributed by atoms with van der Waals surface area (Å²) in [5.41, 5.74) is 2.04. The summed E-state index contributed by atoms with van der Waals surface area (Å²) < 4.78 is 5.14. The van der Waals surface area contributed by atoms with E-state index in [2.05, 4.69) is 34.0 Å². The quantitative estimate of drug-likeness (QED) is 0.675. The van der Waals surface area contributed by atoms with Gasteiger partial charge in [-0.2, -0.15) is 4.98 Å². The van der Waals surface area contributed by atoms with Gasteiger partial charge in [0, 0.05) is 24.8 Å². The number of anilines is 3. The number of hydrogen-bond donors (Lipinski definition) is 1. The van der Waals surface area contributed by atoms with Crippen LogP contribution in [0.25, 0.3) is 0 Å². The van der Waals surface area contributed by atoms with Gasteiger partial charge in [-0.3, -0.25) is 0 Å². The van der Waals surface area contributed by atoms with Crippen LogP contribution in [0.15, 0.2) is 30.3 Å². The van der Waals surface area contributed by atoms with Gasteiger partial charge < -0.3 is 15.0 Å². The summed E-state index contributed by atoms with van der Waals surface area (Å²) in [6, 6.07) is 9.16. The number of aryl methyl sites for hydroxylation is 1. The number of aromatic nitrogens is 2. The Morgan fingerprint density at radius 1 is 1.12 bits per heavy atom. The SMILES string of the molecule is CCCN(CCC)c1nc(C)cc(Nc2ccccc2C(=O)OCC)n1. The number of nitrogens with one attached hydrogen (secondary N) is 1. The molecule has 0 spiro atoms. The summed E-state index contributed by atoms with van der Waals surface area (Å²) in [5.74, 6) is 1.03. The summed E-state index contributed by atoms with van der Waals surface area (Å²) in [6.45, 7) is 10.2. The first-order chi connectivity index (χ1) is 12.6. The van der Waals surface area contributed by atoms with Crippen LogP contribution in [0.1, 0.15) is 49.7 Å². The fraction of sp³-hybridized carbons (Fsp3) is 0.450. The van der Waals surface area contributed by atoms with Crippen LogP contribution in [0.2, 0.25) is 0 Å². The van der Waals surface area contributed by atoms with Gasteiger partial charge in [-0.1, -0.05) is 26.0 Å². The number of para-hydroxylation sites is 1. The zero-order chi connectivity index (χ0) is 18.9. The summed E-state index contributed by atoms with van der Waals surface area (Å²) in [5, 5.41) is 3.25. The number of carbonyl (C=O) groups is 1. The molecule has 0 aliphatic carbocycles. The molecule has 1 aromatic heterocycles. The Morgan fingerprint density at radius 2 is 1.81 bits per heavy atom. The molecule has 0 bridgehead atoms. The highest BCUT2D eigenvalue weighted by Gasteiger charge is 2.14. The molecular formula is C20H28N4O2. The lowest BCUT2D eigenvalue weighted by molar-refractivity contribution is 0.0527. The molecule has 26 heavy (non-hydrogen) atoms. The molecule has 0 atom stereocenters. The average Bonchev–Trinajstić information content (AvgIpc) is 2.61. The number of benzene rings is 1. The highest BCUT2D eigenvalue weighted by Crippen LogP contribution is 2.22. The van der Waals surface area contributed by atoms with Crippen molar-refractivity contribution in [3.8, 4) is 0 Å². The molecule has 0 aliphatic heterocycles. The Bertz CT molecular complexity index is 728. The van der Waals surface area contributed by atoms with Gasteiger partial charge in [0.05, 0.1) is 17.9 Å². The largest absolute Gasteiger partial charge is 0.462 e. The van der Waals surface area contributed by atoms with E-state index in [0.717, 1.165) is 31.6 Å². The lowest BCUT2D eigenvalue weighted by Gasteiger charge is -2.22. The molecule has 0 aliphatic rings. The van der Waals surface area contributed by atoms with E-state index in [9.17, 15) is 4.79 Å². The maximum absolute atomic E-state index is 12.2. The van der Waals surface area contributed by atoms with Crippen molar-refractivity contribution in [1.82, 2.24) is 9.97 Å². The minimum atomic E-state index is -0.347. The molecule has 2 rings (SSSR count). The Morgan fingerprint density at radius 3 is 2.46 bits per heavy atom. The average molecular weight is 356 g/mol. The minimum absolute atomic E-state index is 0.340.